The van der Waals surface area contributed by atoms with Gasteiger partial charge in [0.1, 0.15) is 42.1 Å². The van der Waals surface area contributed by atoms with Crippen LogP contribution < -0.4 is 16.4 Å². The number of nitrogens with two attached hydrogens (primary N) is 1. The first-order valence-electron chi connectivity index (χ1n) is 19.3. The molecule has 24 nitrogen and oxygen atoms in total. The van der Waals surface area contributed by atoms with Crippen LogP contribution in [0.1, 0.15) is 44.9 Å². The van der Waals surface area contributed by atoms with E-state index < -0.39 is 96.3 Å². The van der Waals surface area contributed by atoms with E-state index in [0.29, 0.717) is 16.7 Å². The van der Waals surface area contributed by atoms with Crippen molar-refractivity contribution in [2.75, 3.05) is 37.8 Å². The van der Waals surface area contributed by atoms with Gasteiger partial charge in [-0.2, -0.15) is 4.31 Å². The molecule has 10 N–H and O–H groups in total. The Bertz CT molecular complexity index is 2490. The molecule has 0 aliphatic carbocycles. The molecule has 29 heteroatoms. The van der Waals surface area contributed by atoms with Crippen molar-refractivity contribution in [1.82, 2.24) is 30.2 Å². The summed E-state index contributed by atoms with van der Waals surface area (Å²) in [6.07, 6.45) is -7.09. The van der Waals surface area contributed by atoms with Gasteiger partial charge in [-0.05, 0) is 17.2 Å². The van der Waals surface area contributed by atoms with E-state index in [1.54, 1.807) is 43.3 Å². The fraction of sp³-hybridized carbons (Fsp3) is 0.444. The van der Waals surface area contributed by atoms with E-state index in [-0.39, 0.29) is 47.4 Å². The fourth-order valence-corrected chi connectivity index (χ4v) is 9.82. The summed E-state index contributed by atoms with van der Waals surface area (Å²) in [5, 5.41) is 26.3. The van der Waals surface area contributed by atoms with Crippen LogP contribution in [0.2, 0.25) is 0 Å². The number of aliphatic hydroxyl groups excluding tert-OH is 2. The van der Waals surface area contributed by atoms with Gasteiger partial charge in [-0.3, -0.25) is 32.5 Å². The van der Waals surface area contributed by atoms with Crippen LogP contribution in [0.25, 0.3) is 22.3 Å². The Morgan fingerprint density at radius 2 is 1.69 bits per heavy atom. The Hall–Kier alpha value is -4.07. The van der Waals surface area contributed by atoms with Crippen molar-refractivity contribution in [3.8, 4) is 11.1 Å². The highest BCUT2D eigenvalue weighted by atomic mass is 32.2. The van der Waals surface area contributed by atoms with Crippen LogP contribution in [-0.2, 0) is 50.7 Å². The molecule has 1 saturated heterocycles. The summed E-state index contributed by atoms with van der Waals surface area (Å²) < 4.78 is 77.2. The molecular formula is C36H47FN7O17P3S. The molecule has 65 heavy (non-hydrogen) atoms. The van der Waals surface area contributed by atoms with Crippen molar-refractivity contribution >= 4 is 69.1 Å². The number of carbonyl (C=O) groups excluding carboxylic acids is 3. The summed E-state index contributed by atoms with van der Waals surface area (Å²) in [6.45, 7) is 1.91. The fourth-order valence-electron chi connectivity index (χ4n) is 6.20. The molecule has 0 bridgehead atoms. The number of benzene rings is 2. The summed E-state index contributed by atoms with van der Waals surface area (Å²) >= 11 is 0.957. The van der Waals surface area contributed by atoms with Crippen LogP contribution in [0.15, 0.2) is 61.2 Å². The number of aromatic nitrogens is 4. The van der Waals surface area contributed by atoms with E-state index in [1.165, 1.54) is 19.9 Å². The van der Waals surface area contributed by atoms with Crippen LogP contribution in [0, 0.1) is 11.2 Å². The number of halogens is 1. The molecule has 0 spiro atoms. The number of phosphoric ester groups is 3. The first-order chi connectivity index (χ1) is 30.4. The molecule has 1 aliphatic rings. The lowest BCUT2D eigenvalue weighted by atomic mass is 9.87. The number of hydrogen-bond donors (Lipinski definition) is 9. The molecule has 0 saturated carbocycles. The number of thioether (sulfide) groups is 1. The number of nitrogens with zero attached hydrogens (tertiary/aromatic N) is 4. The maximum absolute atomic E-state index is 14.8. The Morgan fingerprint density at radius 1 is 1.00 bits per heavy atom. The van der Waals surface area contributed by atoms with E-state index in [1.807, 2.05) is 6.07 Å². The Balaban J connectivity index is 1.02. The second kappa shape index (κ2) is 21.7. The second-order valence-corrected chi connectivity index (χ2v) is 20.4. The number of phosphoric acid groups is 3. The van der Waals surface area contributed by atoms with Gasteiger partial charge in [0.15, 0.2) is 22.8 Å². The highest BCUT2D eigenvalue weighted by Crippen LogP contribution is 2.61. The molecule has 3 heterocycles. The van der Waals surface area contributed by atoms with Crippen molar-refractivity contribution in [3.05, 3.63) is 72.6 Å². The van der Waals surface area contributed by atoms with Crippen LogP contribution in [0.5, 0.6) is 0 Å². The van der Waals surface area contributed by atoms with Gasteiger partial charge >= 0.3 is 23.5 Å². The Kier molecular flexibility index (Phi) is 17.3. The third-order valence-electron chi connectivity index (χ3n) is 9.68. The lowest BCUT2D eigenvalue weighted by Crippen LogP contribution is -2.46. The molecule has 2 aromatic carbocycles. The van der Waals surface area contributed by atoms with E-state index in [2.05, 4.69) is 34.4 Å². The number of nitrogen functional groups attached to an aromatic ring is 1. The molecule has 0 radical (unpaired) electrons. The quantitative estimate of drug-likeness (QED) is 0.0403. The monoisotopic (exact) mass is 993 g/mol. The molecule has 356 valence electrons. The lowest BCUT2D eigenvalue weighted by Gasteiger charge is -2.30. The normalized spacial score (nSPS) is 20.7. The Morgan fingerprint density at radius 3 is 2.37 bits per heavy atom. The lowest BCUT2D eigenvalue weighted by molar-refractivity contribution is -0.137. The zero-order valence-electron chi connectivity index (χ0n) is 34.6. The smallest absolute Gasteiger partial charge is 0.386 e. The number of ether oxygens (including phenoxy) is 1. The first kappa shape index (κ1) is 51.9. The first-order valence-corrected chi connectivity index (χ1v) is 24.8. The summed E-state index contributed by atoms with van der Waals surface area (Å²) in [4.78, 5) is 88.9. The standard InChI is InChI=1S/C36H47FN7O17P3S/c1-20(22-9-10-23(24(37)15-22)21-7-5-4-6-8-21)35(49)65-14-13-39-26(45)11-12-40-33(48)30(47)36(2,3)17-58-64(55,56)61-63(53,54)57-16-25-29(60-62(50,51)52)28(46)34(59-25)44-19-43-27-31(38)41-18-42-32(27)44/h4-10,15,18-20,25,28-30,34,46-47H,11-14,16-17H2,1-3H3,(H,39,45)(H,40,48)(H,53,54)(H,55,56)(H2,38,41,42)(H2,50,51,52)/t20-,25+,28+,29+,30-,34+/m0/s1. The number of amides is 2. The average Bonchev–Trinajstić information content (AvgIpc) is 3.80. The van der Waals surface area contributed by atoms with Gasteiger partial charge in [-0.25, -0.2) is 33.0 Å². The maximum atomic E-state index is 14.8. The van der Waals surface area contributed by atoms with Crippen LogP contribution in [0.3, 0.4) is 0 Å². The third-order valence-corrected chi connectivity index (χ3v) is 13.8. The summed E-state index contributed by atoms with van der Waals surface area (Å²) in [5.41, 5.74) is 5.83. The minimum Gasteiger partial charge on any atom is -0.386 e. The molecule has 2 aromatic heterocycles. The van der Waals surface area contributed by atoms with Crippen LogP contribution >= 0.6 is 35.2 Å². The number of fused-ring (bicyclic) bond motifs is 1. The summed E-state index contributed by atoms with van der Waals surface area (Å²) in [6, 6.07) is 13.6. The molecule has 1 fully saturated rings. The summed E-state index contributed by atoms with van der Waals surface area (Å²) in [5.74, 6) is -2.43. The van der Waals surface area contributed by atoms with Crippen molar-refractivity contribution in [3.63, 3.8) is 0 Å². The Labute approximate surface area is 373 Å². The van der Waals surface area contributed by atoms with Crippen molar-refractivity contribution in [2.45, 2.75) is 63.8 Å². The number of anilines is 1. The highest BCUT2D eigenvalue weighted by molar-refractivity contribution is 8.13. The van der Waals surface area contributed by atoms with E-state index >= 15 is 0 Å². The van der Waals surface area contributed by atoms with Gasteiger partial charge in [0, 0.05) is 36.2 Å². The van der Waals surface area contributed by atoms with Crippen LogP contribution in [-0.4, -0.2) is 123 Å². The van der Waals surface area contributed by atoms with Gasteiger partial charge in [0.2, 0.25) is 11.8 Å². The molecule has 1 aliphatic heterocycles. The number of carbonyl (C=O) groups is 3. The number of nitrogens with one attached hydrogen (secondary N) is 2. The molecule has 2 unspecified atom stereocenters. The SMILES string of the molecule is C[C@H](C(=O)SCCNC(=O)CCNC(=O)[C@H](O)C(C)(C)COP(=O)(O)OP(=O)(O)OC[C@H]1O[C@@H](n2cnc3c(N)ncnc32)[C@H](O)[C@@H]1OP(=O)(O)O)c1ccc(-c2ccccc2)c(F)c1. The number of hydrogen-bond acceptors (Lipinski definition) is 18. The predicted octanol–water partition coefficient (Wildman–Crippen LogP) is 2.27. The largest absolute Gasteiger partial charge is 0.481 e. The van der Waals surface area contributed by atoms with Gasteiger partial charge in [-0.15, -0.1) is 0 Å². The average molecular weight is 994 g/mol. The molecular weight excluding hydrogens is 946 g/mol. The zero-order valence-corrected chi connectivity index (χ0v) is 38.1. The minimum atomic E-state index is -5.60. The number of aliphatic hydroxyl groups is 2. The molecule has 2 amide bonds. The van der Waals surface area contributed by atoms with E-state index in [9.17, 15) is 62.3 Å². The zero-order chi connectivity index (χ0) is 47.9. The number of rotatable bonds is 22. The summed E-state index contributed by atoms with van der Waals surface area (Å²) in [7, 11) is -16.5. The molecule has 4 aromatic rings. The molecule has 8 atom stereocenters. The van der Waals surface area contributed by atoms with E-state index in [4.69, 9.17) is 19.5 Å². The number of imidazole rings is 1. The van der Waals surface area contributed by atoms with Crippen molar-refractivity contribution in [2.24, 2.45) is 5.41 Å². The van der Waals surface area contributed by atoms with E-state index in [0.717, 1.165) is 29.0 Å². The third kappa shape index (κ3) is 14.2. The highest BCUT2D eigenvalue weighted by Gasteiger charge is 2.50. The van der Waals surface area contributed by atoms with Crippen molar-refractivity contribution in [1.29, 1.82) is 0 Å². The van der Waals surface area contributed by atoms with Gasteiger partial charge in [0.05, 0.1) is 25.5 Å². The predicted molar refractivity (Wildman–Crippen MR) is 227 cm³/mol. The minimum absolute atomic E-state index is 0.0210. The second-order valence-electron chi connectivity index (χ2n) is 15.1. The van der Waals surface area contributed by atoms with Crippen molar-refractivity contribution < 1.29 is 84.9 Å². The van der Waals surface area contributed by atoms with Crippen LogP contribution in [0.4, 0.5) is 10.2 Å². The molecule has 5 rings (SSSR count). The topological polar surface area (TPSA) is 364 Å². The van der Waals surface area contributed by atoms with Gasteiger partial charge in [0.25, 0.3) is 0 Å². The maximum Gasteiger partial charge on any atom is 0.481 e. The van der Waals surface area contributed by atoms with Gasteiger partial charge in [-0.1, -0.05) is 75.0 Å². The van der Waals surface area contributed by atoms with Gasteiger partial charge < -0.3 is 50.9 Å².